The van der Waals surface area contributed by atoms with E-state index in [1.54, 1.807) is 18.6 Å². The summed E-state index contributed by atoms with van der Waals surface area (Å²) in [5.41, 5.74) is 19.5. The zero-order valence-corrected chi connectivity index (χ0v) is 33.1. The van der Waals surface area contributed by atoms with Crippen LogP contribution >= 0.6 is 0 Å². The van der Waals surface area contributed by atoms with Gasteiger partial charge in [-0.3, -0.25) is 34.2 Å². The van der Waals surface area contributed by atoms with Gasteiger partial charge in [0.05, 0.1) is 36.2 Å². The van der Waals surface area contributed by atoms with Crippen molar-refractivity contribution in [1.82, 2.24) is 56.4 Å². The molecule has 1 aliphatic heterocycles. The summed E-state index contributed by atoms with van der Waals surface area (Å²) in [5, 5.41) is 31.8. The van der Waals surface area contributed by atoms with Gasteiger partial charge in [-0.1, -0.05) is 18.2 Å². The molecule has 322 valence electrons. The van der Waals surface area contributed by atoms with Gasteiger partial charge in [-0.25, -0.2) is 9.97 Å². The number of rotatable bonds is 21. The molecule has 0 saturated carbocycles. The Labute approximate surface area is 344 Å². The number of hydrogen-bond acceptors (Lipinski definition) is 11. The second-order valence-electron chi connectivity index (χ2n) is 14.7. The SMILES string of the molecule is C[C@@H](O)[C@H](NC(=O)[C@H](Cc1c[nH]c2ccccc12)NC(=O)[C@@H]1CCCN1C(=O)[C@H](CCCNC(=N)N)NC(=O)[C@H](Cc1c[nH]cn1)NC(=O)[C@@H](N)Cc1c[nH]cn1)C(N)=O. The fourth-order valence-corrected chi connectivity index (χ4v) is 7.06. The molecule has 22 nitrogen and oxygen atoms in total. The number of likely N-dealkylation sites (tertiary alicyclic amines) is 1. The monoisotopic (exact) mass is 831 g/mol. The van der Waals surface area contributed by atoms with E-state index in [-0.39, 0.29) is 57.6 Å². The zero-order valence-electron chi connectivity index (χ0n) is 33.1. The highest BCUT2D eigenvalue weighted by Crippen LogP contribution is 2.22. The van der Waals surface area contributed by atoms with Gasteiger partial charge >= 0.3 is 0 Å². The van der Waals surface area contributed by atoms with Crippen LogP contribution in [0.1, 0.15) is 49.6 Å². The normalized spacial score (nSPS) is 16.8. The number of aromatic nitrogens is 5. The van der Waals surface area contributed by atoms with Crippen molar-refractivity contribution >= 4 is 52.3 Å². The van der Waals surface area contributed by atoms with Gasteiger partial charge in [0, 0.05) is 61.8 Å². The molecule has 0 bridgehead atoms. The second-order valence-corrected chi connectivity index (χ2v) is 14.7. The number of fused-ring (bicyclic) bond motifs is 1. The second kappa shape index (κ2) is 20.7. The Bertz CT molecular complexity index is 2100. The maximum atomic E-state index is 14.4. The number of benzene rings is 1. The maximum Gasteiger partial charge on any atom is 0.245 e. The van der Waals surface area contributed by atoms with E-state index in [1.165, 1.54) is 24.5 Å². The predicted octanol–water partition coefficient (Wildman–Crippen LogP) is -2.97. The van der Waals surface area contributed by atoms with Crippen molar-refractivity contribution in [3.63, 3.8) is 0 Å². The Balaban J connectivity index is 1.35. The van der Waals surface area contributed by atoms with Crippen LogP contribution in [0.4, 0.5) is 0 Å². The minimum absolute atomic E-state index is 0.0240. The minimum Gasteiger partial charge on any atom is -0.391 e. The number of primary amides is 1. The highest BCUT2D eigenvalue weighted by atomic mass is 16.3. The van der Waals surface area contributed by atoms with Gasteiger partial charge in [0.25, 0.3) is 0 Å². The number of aliphatic hydroxyl groups excluding tert-OH is 1. The van der Waals surface area contributed by atoms with Crippen molar-refractivity contribution in [2.45, 2.75) is 94.2 Å². The van der Waals surface area contributed by atoms with Gasteiger partial charge in [-0.2, -0.15) is 0 Å². The first kappa shape index (κ1) is 44.3. The summed E-state index contributed by atoms with van der Waals surface area (Å²) in [6, 6.07) is 0.0967. The molecule has 16 N–H and O–H groups in total. The molecular weight excluding hydrogens is 779 g/mol. The number of nitrogens with zero attached hydrogens (tertiary/aromatic N) is 3. The lowest BCUT2D eigenvalue weighted by molar-refractivity contribution is -0.142. The first-order valence-electron chi connectivity index (χ1n) is 19.5. The van der Waals surface area contributed by atoms with Gasteiger partial charge in [0.2, 0.25) is 35.4 Å². The molecule has 4 heterocycles. The number of H-pyrrole nitrogens is 3. The molecule has 3 aromatic heterocycles. The van der Waals surface area contributed by atoms with E-state index in [9.17, 15) is 33.9 Å². The molecule has 7 atom stereocenters. The van der Waals surface area contributed by atoms with Crippen LogP contribution in [0, 0.1) is 5.41 Å². The van der Waals surface area contributed by atoms with Crippen LogP contribution in [0.15, 0.2) is 55.5 Å². The highest BCUT2D eigenvalue weighted by Gasteiger charge is 2.40. The predicted molar refractivity (Wildman–Crippen MR) is 217 cm³/mol. The fourth-order valence-electron chi connectivity index (χ4n) is 7.06. The van der Waals surface area contributed by atoms with Crippen LogP contribution in [-0.4, -0.2) is 132 Å². The van der Waals surface area contributed by atoms with Crippen LogP contribution in [-0.2, 0) is 48.0 Å². The molecule has 1 saturated heterocycles. The van der Waals surface area contributed by atoms with E-state index in [0.29, 0.717) is 23.4 Å². The van der Waals surface area contributed by atoms with E-state index in [0.717, 1.165) is 10.9 Å². The number of hydrogen-bond donors (Lipinski definition) is 13. The maximum absolute atomic E-state index is 14.4. The molecule has 1 aromatic carbocycles. The smallest absolute Gasteiger partial charge is 0.245 e. The fraction of sp³-hybridized carbons (Fsp3) is 0.447. The first-order chi connectivity index (χ1) is 28.7. The zero-order chi connectivity index (χ0) is 43.3. The van der Waals surface area contributed by atoms with Gasteiger partial charge in [0.15, 0.2) is 5.96 Å². The first-order valence-corrected chi connectivity index (χ1v) is 19.5. The number of nitrogens with one attached hydrogen (secondary N) is 9. The van der Waals surface area contributed by atoms with Crippen LogP contribution in [0.2, 0.25) is 0 Å². The summed E-state index contributed by atoms with van der Waals surface area (Å²) >= 11 is 0. The van der Waals surface area contributed by atoms with Crippen molar-refractivity contribution in [3.8, 4) is 0 Å². The summed E-state index contributed by atoms with van der Waals surface area (Å²) in [6.07, 6.45) is 7.38. The van der Waals surface area contributed by atoms with Crippen LogP contribution in [0.25, 0.3) is 10.9 Å². The van der Waals surface area contributed by atoms with E-state index in [1.807, 2.05) is 24.3 Å². The van der Waals surface area contributed by atoms with Gasteiger partial charge in [0.1, 0.15) is 30.2 Å². The van der Waals surface area contributed by atoms with Crippen molar-refractivity contribution < 1.29 is 33.9 Å². The average molecular weight is 832 g/mol. The molecule has 0 aliphatic carbocycles. The van der Waals surface area contributed by atoms with Gasteiger partial charge in [-0.15, -0.1) is 0 Å². The summed E-state index contributed by atoms with van der Waals surface area (Å²) < 4.78 is 0. The Morgan fingerprint density at radius 1 is 0.883 bits per heavy atom. The molecule has 1 aliphatic rings. The Morgan fingerprint density at radius 3 is 2.18 bits per heavy atom. The van der Waals surface area contributed by atoms with Gasteiger partial charge in [-0.05, 0) is 44.2 Å². The van der Waals surface area contributed by atoms with Crippen molar-refractivity contribution in [2.24, 2.45) is 17.2 Å². The average Bonchev–Trinajstić information content (AvgIpc) is 4.06. The quantitative estimate of drug-likeness (QED) is 0.0227. The number of carbonyl (C=O) groups excluding carboxylic acids is 6. The number of carbonyl (C=O) groups is 6. The van der Waals surface area contributed by atoms with Crippen LogP contribution < -0.4 is 43.8 Å². The highest BCUT2D eigenvalue weighted by molar-refractivity contribution is 5.97. The van der Waals surface area contributed by atoms with Crippen LogP contribution in [0.5, 0.6) is 0 Å². The third kappa shape index (κ3) is 11.9. The molecule has 22 heteroatoms. The number of para-hydroxylation sites is 1. The topological polar surface area (TPSA) is 361 Å². The Morgan fingerprint density at radius 2 is 1.53 bits per heavy atom. The molecular formula is C38H53N15O7. The van der Waals surface area contributed by atoms with E-state index in [2.05, 4.69) is 51.5 Å². The lowest BCUT2D eigenvalue weighted by Crippen LogP contribution is -2.60. The van der Waals surface area contributed by atoms with E-state index < -0.39 is 77.8 Å². The molecule has 4 aromatic rings. The summed E-state index contributed by atoms with van der Waals surface area (Å²) in [7, 11) is 0. The summed E-state index contributed by atoms with van der Waals surface area (Å²) in [6.45, 7) is 1.63. The lowest BCUT2D eigenvalue weighted by atomic mass is 10.0. The number of nitrogens with two attached hydrogens (primary N) is 3. The third-order valence-corrected chi connectivity index (χ3v) is 10.2. The minimum atomic E-state index is -1.44. The van der Waals surface area contributed by atoms with Crippen LogP contribution in [0.3, 0.4) is 0 Å². The molecule has 0 spiro atoms. The number of imidazole rings is 2. The molecule has 60 heavy (non-hydrogen) atoms. The molecule has 0 unspecified atom stereocenters. The van der Waals surface area contributed by atoms with Crippen molar-refractivity contribution in [1.29, 1.82) is 5.41 Å². The molecule has 5 rings (SSSR count). The summed E-state index contributed by atoms with van der Waals surface area (Å²) in [4.78, 5) is 100. The van der Waals surface area contributed by atoms with Gasteiger partial charge < -0.3 is 68.7 Å². The number of guanidine groups is 1. The molecule has 1 fully saturated rings. The Kier molecular flexibility index (Phi) is 15.3. The van der Waals surface area contributed by atoms with E-state index in [4.69, 9.17) is 22.6 Å². The number of amides is 6. The Hall–Kier alpha value is -6.81. The third-order valence-electron chi connectivity index (χ3n) is 10.2. The lowest BCUT2D eigenvalue weighted by Gasteiger charge is -2.31. The standard InChI is InChI=1S/C38H53N15O7/c1-20(54)31(32(40)55)52-35(58)28(12-21-15-46-26-7-3-2-6-24(21)26)51-36(59)30-9-5-11-53(30)37(60)27(8-4-10-45-38(41)42)49-34(57)29(14-23-17-44-19-48-23)50-33(56)25(39)13-22-16-43-18-47-22/h2-3,6-7,15-20,25,27-31,46,54H,4-5,8-14,39H2,1H3,(H2,40,55)(H,43,47)(H,44,48)(H,49,57)(H,50,56)(H,51,59)(H,52,58)(H4,41,42,45)/t20-,25+,27+,28+,29+,30+,31+/m1/s1. The molecule has 6 amide bonds. The summed E-state index contributed by atoms with van der Waals surface area (Å²) in [5.74, 6) is -4.65. The van der Waals surface area contributed by atoms with Crippen molar-refractivity contribution in [3.05, 3.63) is 72.5 Å². The van der Waals surface area contributed by atoms with Crippen molar-refractivity contribution in [2.75, 3.05) is 13.1 Å². The largest absolute Gasteiger partial charge is 0.391 e. The number of aromatic amines is 3. The van der Waals surface area contributed by atoms with E-state index >= 15 is 0 Å². The molecule has 0 radical (unpaired) electrons. The number of aliphatic hydroxyl groups is 1.